The number of hydrogen-bond acceptors (Lipinski definition) is 7. The molecule has 1 heterocycles. The minimum atomic E-state index is 0.202. The van der Waals surface area contributed by atoms with E-state index in [0.717, 1.165) is 5.56 Å². The van der Waals surface area contributed by atoms with E-state index in [1.807, 2.05) is 42.5 Å². The van der Waals surface area contributed by atoms with Crippen molar-refractivity contribution in [2.75, 3.05) is 33.2 Å². The van der Waals surface area contributed by atoms with Gasteiger partial charge in [0, 0.05) is 6.54 Å². The van der Waals surface area contributed by atoms with Crippen LogP contribution in [0.4, 0.5) is 5.88 Å². The predicted octanol–water partition coefficient (Wildman–Crippen LogP) is 3.89. The molecule has 0 saturated heterocycles. The Hall–Kier alpha value is -3.66. The van der Waals surface area contributed by atoms with Crippen LogP contribution in [-0.4, -0.2) is 32.9 Å². The van der Waals surface area contributed by atoms with Crippen LogP contribution in [0.3, 0.4) is 0 Å². The van der Waals surface area contributed by atoms with Gasteiger partial charge in [0.25, 0.3) is 0 Å². The number of rotatable bonds is 8. The van der Waals surface area contributed by atoms with Gasteiger partial charge in [0.1, 0.15) is 11.8 Å². The molecule has 0 radical (unpaired) electrons. The molecule has 0 aliphatic carbocycles. The second kappa shape index (κ2) is 8.82. The number of para-hydroxylation sites is 1. The van der Waals surface area contributed by atoms with Crippen LogP contribution in [-0.2, 0) is 6.42 Å². The highest BCUT2D eigenvalue weighted by Crippen LogP contribution is 2.32. The molecule has 0 aliphatic heterocycles. The van der Waals surface area contributed by atoms with Crippen molar-refractivity contribution in [1.29, 1.82) is 5.26 Å². The maximum absolute atomic E-state index is 9.37. The van der Waals surface area contributed by atoms with E-state index in [9.17, 15) is 5.26 Å². The molecule has 3 aromatic rings. The predicted molar refractivity (Wildman–Crippen MR) is 105 cm³/mol. The lowest BCUT2D eigenvalue weighted by atomic mass is 10.1. The average Bonchev–Trinajstić information content (AvgIpc) is 3.16. The van der Waals surface area contributed by atoms with E-state index < -0.39 is 0 Å². The Morgan fingerprint density at radius 2 is 1.75 bits per heavy atom. The van der Waals surface area contributed by atoms with Gasteiger partial charge in [-0.3, -0.25) is 0 Å². The van der Waals surface area contributed by atoms with Crippen molar-refractivity contribution >= 4 is 5.88 Å². The zero-order valence-corrected chi connectivity index (χ0v) is 16.0. The number of nitrogens with one attached hydrogen (secondary N) is 1. The second-order valence-corrected chi connectivity index (χ2v) is 5.87. The van der Waals surface area contributed by atoms with E-state index in [1.54, 1.807) is 21.3 Å². The fourth-order valence-electron chi connectivity index (χ4n) is 2.81. The Bertz CT molecular complexity index is 992. The average molecular weight is 379 g/mol. The van der Waals surface area contributed by atoms with Crippen molar-refractivity contribution in [3.63, 3.8) is 0 Å². The molecule has 28 heavy (non-hydrogen) atoms. The maximum Gasteiger partial charge on any atom is 0.233 e. The lowest BCUT2D eigenvalue weighted by Crippen LogP contribution is -2.05. The van der Waals surface area contributed by atoms with Gasteiger partial charge in [-0.15, -0.1) is 0 Å². The van der Waals surface area contributed by atoms with E-state index in [4.69, 9.17) is 18.6 Å². The van der Waals surface area contributed by atoms with Gasteiger partial charge in [0.15, 0.2) is 11.5 Å². The number of hydrogen-bond donors (Lipinski definition) is 1. The fourth-order valence-corrected chi connectivity index (χ4v) is 2.81. The van der Waals surface area contributed by atoms with Gasteiger partial charge in [-0.1, -0.05) is 18.2 Å². The molecule has 0 fully saturated rings. The van der Waals surface area contributed by atoms with Crippen molar-refractivity contribution in [2.24, 2.45) is 0 Å². The minimum absolute atomic E-state index is 0.202. The number of oxazole rings is 1. The third-order valence-corrected chi connectivity index (χ3v) is 4.22. The first-order chi connectivity index (χ1) is 13.7. The minimum Gasteiger partial charge on any atom is -0.496 e. The highest BCUT2D eigenvalue weighted by Gasteiger charge is 2.17. The Kier molecular flexibility index (Phi) is 6.02. The second-order valence-electron chi connectivity index (χ2n) is 5.87. The van der Waals surface area contributed by atoms with Crippen molar-refractivity contribution in [1.82, 2.24) is 4.98 Å². The first kappa shape index (κ1) is 19.1. The van der Waals surface area contributed by atoms with Gasteiger partial charge in [0.2, 0.25) is 17.5 Å². The third kappa shape index (κ3) is 4.01. The standard InChI is InChI=1S/C21H21N3O4/c1-25-17-7-5-4-6-15(17)20-24-16(13-22)21(28-20)23-11-10-14-8-9-18(26-2)19(12-14)27-3/h4-9,12,23H,10-11H2,1-3H3. The number of nitrogens with zero attached hydrogens (tertiary/aromatic N) is 2. The highest BCUT2D eigenvalue weighted by molar-refractivity contribution is 5.65. The SMILES string of the molecule is COc1ccc(CCNc2oc(-c3ccccc3OC)nc2C#N)cc1OC. The van der Waals surface area contributed by atoms with Crippen LogP contribution in [0.1, 0.15) is 11.3 Å². The van der Waals surface area contributed by atoms with E-state index in [0.29, 0.717) is 47.6 Å². The molecule has 144 valence electrons. The molecule has 0 aliphatic rings. The summed E-state index contributed by atoms with van der Waals surface area (Å²) in [6, 6.07) is 15.2. The summed E-state index contributed by atoms with van der Waals surface area (Å²) in [6.07, 6.45) is 0.704. The van der Waals surface area contributed by atoms with Crippen LogP contribution in [0.5, 0.6) is 17.2 Å². The molecule has 7 heteroatoms. The monoisotopic (exact) mass is 379 g/mol. The van der Waals surface area contributed by atoms with E-state index in [1.165, 1.54) is 0 Å². The quantitative estimate of drug-likeness (QED) is 0.635. The molecule has 2 aromatic carbocycles. The molecule has 0 amide bonds. The largest absolute Gasteiger partial charge is 0.496 e. The summed E-state index contributed by atoms with van der Waals surface area (Å²) in [5.41, 5.74) is 1.95. The van der Waals surface area contributed by atoms with Gasteiger partial charge in [-0.25, -0.2) is 0 Å². The summed E-state index contributed by atoms with van der Waals surface area (Å²) in [4.78, 5) is 4.28. The highest BCUT2D eigenvalue weighted by atomic mass is 16.5. The summed E-state index contributed by atoms with van der Waals surface area (Å²) < 4.78 is 21.7. The Balaban J connectivity index is 1.73. The van der Waals surface area contributed by atoms with Crippen LogP contribution in [0.25, 0.3) is 11.5 Å². The summed E-state index contributed by atoms with van der Waals surface area (Å²) in [7, 11) is 4.79. The third-order valence-electron chi connectivity index (χ3n) is 4.22. The van der Waals surface area contributed by atoms with Crippen molar-refractivity contribution in [3.8, 4) is 34.8 Å². The zero-order chi connectivity index (χ0) is 19.9. The lowest BCUT2D eigenvalue weighted by Gasteiger charge is -2.09. The number of ether oxygens (including phenoxy) is 3. The number of benzene rings is 2. The fraction of sp³-hybridized carbons (Fsp3) is 0.238. The van der Waals surface area contributed by atoms with E-state index in [2.05, 4.69) is 16.4 Å². The van der Waals surface area contributed by atoms with Gasteiger partial charge in [-0.2, -0.15) is 10.2 Å². The van der Waals surface area contributed by atoms with Crippen LogP contribution in [0.15, 0.2) is 46.9 Å². The molecule has 0 unspecified atom stereocenters. The molecule has 0 spiro atoms. The first-order valence-electron chi connectivity index (χ1n) is 8.69. The molecule has 0 atom stereocenters. The summed E-state index contributed by atoms with van der Waals surface area (Å²) in [5.74, 6) is 2.66. The summed E-state index contributed by atoms with van der Waals surface area (Å²) >= 11 is 0. The first-order valence-corrected chi connectivity index (χ1v) is 8.69. The zero-order valence-electron chi connectivity index (χ0n) is 16.0. The molecular weight excluding hydrogens is 358 g/mol. The normalized spacial score (nSPS) is 10.2. The Morgan fingerprint density at radius 1 is 1.00 bits per heavy atom. The molecule has 1 aromatic heterocycles. The number of aromatic nitrogens is 1. The lowest BCUT2D eigenvalue weighted by molar-refractivity contribution is 0.354. The van der Waals surface area contributed by atoms with E-state index >= 15 is 0 Å². The Morgan fingerprint density at radius 3 is 2.46 bits per heavy atom. The smallest absolute Gasteiger partial charge is 0.233 e. The summed E-state index contributed by atoms with van der Waals surface area (Å²) in [5, 5.41) is 12.5. The van der Waals surface area contributed by atoms with Gasteiger partial charge in [-0.05, 0) is 36.2 Å². The van der Waals surface area contributed by atoms with Crippen LogP contribution < -0.4 is 19.5 Å². The molecule has 7 nitrogen and oxygen atoms in total. The van der Waals surface area contributed by atoms with Crippen molar-refractivity contribution < 1.29 is 18.6 Å². The number of nitriles is 1. The van der Waals surface area contributed by atoms with Gasteiger partial charge in [0.05, 0.1) is 26.9 Å². The molecule has 3 rings (SSSR count). The topological polar surface area (TPSA) is 89.5 Å². The maximum atomic E-state index is 9.37. The van der Waals surface area contributed by atoms with Crippen LogP contribution in [0.2, 0.25) is 0 Å². The molecule has 0 saturated carbocycles. The molecule has 0 bridgehead atoms. The number of anilines is 1. The summed E-state index contributed by atoms with van der Waals surface area (Å²) in [6.45, 7) is 0.560. The van der Waals surface area contributed by atoms with Gasteiger partial charge >= 0.3 is 0 Å². The molecule has 1 N–H and O–H groups in total. The van der Waals surface area contributed by atoms with E-state index in [-0.39, 0.29) is 5.69 Å². The van der Waals surface area contributed by atoms with Gasteiger partial charge < -0.3 is 23.9 Å². The molecular formula is C21H21N3O4. The van der Waals surface area contributed by atoms with Crippen LogP contribution >= 0.6 is 0 Å². The number of methoxy groups -OCH3 is 3. The van der Waals surface area contributed by atoms with Crippen molar-refractivity contribution in [2.45, 2.75) is 6.42 Å². The van der Waals surface area contributed by atoms with Crippen molar-refractivity contribution in [3.05, 3.63) is 53.7 Å². The Labute approximate surface area is 163 Å². The van der Waals surface area contributed by atoms with Crippen LogP contribution in [0, 0.1) is 11.3 Å².